The summed E-state index contributed by atoms with van der Waals surface area (Å²) in [4.78, 5) is 4.70. The van der Waals surface area contributed by atoms with E-state index in [4.69, 9.17) is 9.73 Å². The number of hydrogen-bond acceptors (Lipinski definition) is 5. The van der Waals surface area contributed by atoms with Crippen molar-refractivity contribution in [1.29, 1.82) is 0 Å². The lowest BCUT2D eigenvalue weighted by molar-refractivity contribution is -0.0679. The lowest BCUT2D eigenvalue weighted by Crippen LogP contribution is -2.51. The van der Waals surface area contributed by atoms with Gasteiger partial charge in [-0.05, 0) is 43.8 Å². The summed E-state index contributed by atoms with van der Waals surface area (Å²) in [6.45, 7) is 4.40. The van der Waals surface area contributed by atoms with Gasteiger partial charge in [0.1, 0.15) is 0 Å². The molecule has 6 nitrogen and oxygen atoms in total. The second kappa shape index (κ2) is 10.2. The maximum absolute atomic E-state index is 11.6. The number of sulfone groups is 1. The molecule has 3 atom stereocenters. The smallest absolute Gasteiger partial charge is 0.191 e. The number of halogens is 1. The van der Waals surface area contributed by atoms with Crippen LogP contribution in [0.4, 0.5) is 0 Å². The first-order valence-electron chi connectivity index (χ1n) is 9.47. The predicted molar refractivity (Wildman–Crippen MR) is 120 cm³/mol. The summed E-state index contributed by atoms with van der Waals surface area (Å²) in [6.07, 6.45) is 4.95. The van der Waals surface area contributed by atoms with E-state index in [0.717, 1.165) is 57.0 Å². The molecule has 9 heteroatoms. The number of hydrogen-bond donors (Lipinski definition) is 2. The fourth-order valence-electron chi connectivity index (χ4n) is 3.84. The third-order valence-electron chi connectivity index (χ3n) is 5.28. The minimum absolute atomic E-state index is 0. The molecule has 3 aliphatic rings. The lowest BCUT2D eigenvalue weighted by atomic mass is 9.90. The molecule has 26 heavy (non-hydrogen) atoms. The van der Waals surface area contributed by atoms with Crippen molar-refractivity contribution in [3.05, 3.63) is 0 Å². The molecule has 0 radical (unpaired) electrons. The van der Waals surface area contributed by atoms with Gasteiger partial charge in [0.2, 0.25) is 0 Å². The Morgan fingerprint density at radius 3 is 2.88 bits per heavy atom. The first-order chi connectivity index (χ1) is 12.0. The molecule has 3 heterocycles. The largest absolute Gasteiger partial charge is 0.374 e. The van der Waals surface area contributed by atoms with E-state index in [0.29, 0.717) is 18.3 Å². The highest BCUT2D eigenvalue weighted by atomic mass is 127. The second-order valence-corrected chi connectivity index (χ2v) is 10.9. The van der Waals surface area contributed by atoms with Gasteiger partial charge in [-0.25, -0.2) is 8.42 Å². The zero-order valence-electron chi connectivity index (χ0n) is 15.5. The van der Waals surface area contributed by atoms with Gasteiger partial charge in [0, 0.05) is 31.5 Å². The van der Waals surface area contributed by atoms with E-state index in [1.165, 1.54) is 5.75 Å². The predicted octanol–water partition coefficient (Wildman–Crippen LogP) is 2.04. The van der Waals surface area contributed by atoms with Crippen LogP contribution in [-0.2, 0) is 14.6 Å². The Hall–Kier alpha value is 0.260. The van der Waals surface area contributed by atoms with Gasteiger partial charge in [0.05, 0.1) is 17.1 Å². The van der Waals surface area contributed by atoms with Crippen LogP contribution in [0.1, 0.15) is 39.0 Å². The van der Waals surface area contributed by atoms with Crippen LogP contribution in [0.3, 0.4) is 0 Å². The summed E-state index contributed by atoms with van der Waals surface area (Å²) in [5.74, 6) is 3.89. The minimum Gasteiger partial charge on any atom is -0.374 e. The normalized spacial score (nSPS) is 33.8. The molecule has 3 fully saturated rings. The Morgan fingerprint density at radius 1 is 1.38 bits per heavy atom. The van der Waals surface area contributed by atoms with Crippen molar-refractivity contribution in [2.75, 3.05) is 42.7 Å². The van der Waals surface area contributed by atoms with Gasteiger partial charge < -0.3 is 15.4 Å². The van der Waals surface area contributed by atoms with Gasteiger partial charge in [0.15, 0.2) is 15.8 Å². The number of nitrogens with zero attached hydrogens (tertiary/aromatic N) is 1. The van der Waals surface area contributed by atoms with Gasteiger partial charge in [-0.1, -0.05) is 6.92 Å². The topological polar surface area (TPSA) is 79.8 Å². The monoisotopic (exact) mass is 517 g/mol. The van der Waals surface area contributed by atoms with E-state index >= 15 is 0 Å². The second-order valence-electron chi connectivity index (χ2n) is 7.55. The van der Waals surface area contributed by atoms with Gasteiger partial charge in [0.25, 0.3) is 0 Å². The molecule has 0 aromatic rings. The molecule has 3 rings (SSSR count). The maximum Gasteiger partial charge on any atom is 0.191 e. The van der Waals surface area contributed by atoms with Gasteiger partial charge in [-0.3, -0.25) is 4.99 Å². The highest BCUT2D eigenvalue weighted by Crippen LogP contribution is 2.38. The minimum atomic E-state index is -2.83. The number of aliphatic imine (C=N–C) groups is 1. The van der Waals surface area contributed by atoms with Crippen LogP contribution < -0.4 is 10.6 Å². The SMILES string of the molecule is CCCNC(=NCC1CCS(=O)(=O)C1)NC1CCOC2(CCSC2)C1.I. The van der Waals surface area contributed by atoms with Crippen molar-refractivity contribution >= 4 is 51.5 Å². The van der Waals surface area contributed by atoms with E-state index in [2.05, 4.69) is 17.6 Å². The molecular formula is C17H32IN3O3S2. The first-order valence-corrected chi connectivity index (χ1v) is 12.4. The van der Waals surface area contributed by atoms with E-state index in [1.807, 2.05) is 11.8 Å². The van der Waals surface area contributed by atoms with Crippen LogP contribution in [0.5, 0.6) is 0 Å². The molecule has 2 N–H and O–H groups in total. The van der Waals surface area contributed by atoms with Crippen LogP contribution in [0.25, 0.3) is 0 Å². The van der Waals surface area contributed by atoms with Crippen molar-refractivity contribution < 1.29 is 13.2 Å². The molecule has 0 aromatic carbocycles. The molecular weight excluding hydrogens is 485 g/mol. The fraction of sp³-hybridized carbons (Fsp3) is 0.941. The highest BCUT2D eigenvalue weighted by Gasteiger charge is 2.40. The molecule has 0 saturated carbocycles. The maximum atomic E-state index is 11.6. The lowest BCUT2D eigenvalue weighted by Gasteiger charge is -2.38. The number of nitrogens with one attached hydrogen (secondary N) is 2. The summed E-state index contributed by atoms with van der Waals surface area (Å²) < 4.78 is 29.3. The standard InChI is InChI=1S/C17H31N3O3S2.HI/c1-2-6-18-16(19-11-14-4-9-25(21,22)12-14)20-15-3-7-23-17(10-15)5-8-24-13-17;/h14-15H,2-13H2,1H3,(H2,18,19,20);1H. The molecule has 3 saturated heterocycles. The van der Waals surface area contributed by atoms with Gasteiger partial charge in [-0.2, -0.15) is 11.8 Å². The van der Waals surface area contributed by atoms with Crippen molar-refractivity contribution in [3.63, 3.8) is 0 Å². The van der Waals surface area contributed by atoms with Gasteiger partial charge >= 0.3 is 0 Å². The average molecular weight is 517 g/mol. The van der Waals surface area contributed by atoms with Crippen LogP contribution >= 0.6 is 35.7 Å². The third kappa shape index (κ3) is 6.41. The van der Waals surface area contributed by atoms with Crippen LogP contribution in [-0.4, -0.2) is 68.7 Å². The first kappa shape index (κ1) is 22.5. The summed E-state index contributed by atoms with van der Waals surface area (Å²) in [6, 6.07) is 0.378. The molecule has 1 spiro atoms. The van der Waals surface area contributed by atoms with E-state index in [9.17, 15) is 8.42 Å². The Morgan fingerprint density at radius 2 is 2.23 bits per heavy atom. The molecule has 0 aromatic heterocycles. The number of rotatable bonds is 5. The Bertz CT molecular complexity index is 580. The van der Waals surface area contributed by atoms with E-state index in [-0.39, 0.29) is 41.2 Å². The Labute approximate surface area is 179 Å². The molecule has 3 aliphatic heterocycles. The van der Waals surface area contributed by atoms with E-state index in [1.54, 1.807) is 0 Å². The van der Waals surface area contributed by atoms with Crippen molar-refractivity contribution in [2.24, 2.45) is 10.9 Å². The number of ether oxygens (including phenoxy) is 1. The average Bonchev–Trinajstić information content (AvgIpc) is 3.16. The van der Waals surface area contributed by atoms with Crippen molar-refractivity contribution in [3.8, 4) is 0 Å². The third-order valence-corrected chi connectivity index (χ3v) is 8.34. The molecule has 3 unspecified atom stereocenters. The van der Waals surface area contributed by atoms with E-state index < -0.39 is 9.84 Å². The molecule has 0 aliphatic carbocycles. The molecule has 152 valence electrons. The van der Waals surface area contributed by atoms with Crippen molar-refractivity contribution in [2.45, 2.75) is 50.7 Å². The summed E-state index contributed by atoms with van der Waals surface area (Å²) in [5, 5.41) is 6.97. The molecule has 0 amide bonds. The summed E-state index contributed by atoms with van der Waals surface area (Å²) >= 11 is 1.99. The number of thioether (sulfide) groups is 1. The zero-order chi connectivity index (χ0) is 17.8. The fourth-order valence-corrected chi connectivity index (χ4v) is 7.07. The highest BCUT2D eigenvalue weighted by molar-refractivity contribution is 14.0. The summed E-state index contributed by atoms with van der Waals surface area (Å²) in [5.41, 5.74) is 0.0516. The van der Waals surface area contributed by atoms with Crippen LogP contribution in [0.15, 0.2) is 4.99 Å². The van der Waals surface area contributed by atoms with Crippen LogP contribution in [0.2, 0.25) is 0 Å². The summed E-state index contributed by atoms with van der Waals surface area (Å²) in [7, 11) is -2.83. The van der Waals surface area contributed by atoms with Crippen LogP contribution in [0, 0.1) is 5.92 Å². The number of guanidine groups is 1. The Balaban J connectivity index is 0.00000243. The zero-order valence-corrected chi connectivity index (χ0v) is 19.5. The Kier molecular flexibility index (Phi) is 8.81. The van der Waals surface area contributed by atoms with Gasteiger partial charge in [-0.15, -0.1) is 24.0 Å². The van der Waals surface area contributed by atoms with Crippen molar-refractivity contribution in [1.82, 2.24) is 10.6 Å². The quantitative estimate of drug-likeness (QED) is 0.330. The molecule has 0 bridgehead atoms.